The molecule has 2 aromatic rings. The van der Waals surface area contributed by atoms with Crippen LogP contribution in [0, 0.1) is 5.82 Å². The number of hydrogen-bond donors (Lipinski definition) is 0. The lowest BCUT2D eigenvalue weighted by Crippen LogP contribution is -2.57. The van der Waals surface area contributed by atoms with Gasteiger partial charge in [0.05, 0.1) is 39.1 Å². The summed E-state index contributed by atoms with van der Waals surface area (Å²) in [5, 5.41) is 0. The van der Waals surface area contributed by atoms with Crippen molar-refractivity contribution in [3.8, 4) is 11.5 Å². The number of amides is 1. The molecule has 2 aliphatic heterocycles. The highest BCUT2D eigenvalue weighted by Crippen LogP contribution is 2.33. The van der Waals surface area contributed by atoms with Gasteiger partial charge in [0, 0.05) is 64.5 Å². The first-order chi connectivity index (χ1) is 19.6. The number of halogens is 4. The number of methoxy groups -OCH3 is 3. The molecule has 8 nitrogen and oxygen atoms in total. The van der Waals surface area contributed by atoms with Gasteiger partial charge in [-0.25, -0.2) is 4.39 Å². The van der Waals surface area contributed by atoms with E-state index in [1.807, 2.05) is 0 Å². The lowest BCUT2D eigenvalue weighted by molar-refractivity contribution is -0.137. The number of benzene rings is 2. The molecule has 4 rings (SSSR count). The molecule has 0 aromatic heterocycles. The predicted octanol–water partition coefficient (Wildman–Crippen LogP) is 3.58. The summed E-state index contributed by atoms with van der Waals surface area (Å²) in [5.74, 6) is -0.959. The van der Waals surface area contributed by atoms with Crippen LogP contribution in [0.25, 0.3) is 0 Å². The largest absolute Gasteiger partial charge is 0.497 e. The molecule has 2 aliphatic rings. The molecule has 0 saturated carbocycles. The van der Waals surface area contributed by atoms with Gasteiger partial charge in [0.25, 0.3) is 5.91 Å². The van der Waals surface area contributed by atoms with Crippen LogP contribution >= 0.6 is 0 Å². The van der Waals surface area contributed by atoms with Crippen molar-refractivity contribution in [3.63, 3.8) is 0 Å². The monoisotopic (exact) mass is 583 g/mol. The third-order valence-corrected chi connectivity index (χ3v) is 7.54. The van der Waals surface area contributed by atoms with E-state index >= 15 is 0 Å². The van der Waals surface area contributed by atoms with Crippen LogP contribution in [-0.2, 0) is 22.1 Å². The molecule has 1 amide bonds. The average Bonchev–Trinajstić information content (AvgIpc) is 2.96. The smallest absolute Gasteiger partial charge is 0.416 e. The number of piperazine rings is 1. The minimum atomic E-state index is -4.63. The second-order valence-electron chi connectivity index (χ2n) is 10.3. The summed E-state index contributed by atoms with van der Waals surface area (Å²) in [7, 11) is 4.29. The lowest BCUT2D eigenvalue weighted by atomic mass is 9.99. The van der Waals surface area contributed by atoms with Crippen molar-refractivity contribution in [2.45, 2.75) is 24.7 Å². The van der Waals surface area contributed by atoms with Gasteiger partial charge in [0.15, 0.2) is 11.6 Å². The maximum Gasteiger partial charge on any atom is 0.416 e. The molecule has 0 bridgehead atoms. The number of nitrogens with zero attached hydrogens (tertiary/aromatic N) is 3. The Balaban J connectivity index is 1.53. The van der Waals surface area contributed by atoms with E-state index < -0.39 is 23.5 Å². The van der Waals surface area contributed by atoms with Gasteiger partial charge in [-0.2, -0.15) is 13.2 Å². The van der Waals surface area contributed by atoms with Crippen molar-refractivity contribution in [3.05, 3.63) is 58.9 Å². The van der Waals surface area contributed by atoms with E-state index in [0.717, 1.165) is 43.9 Å². The molecule has 0 aliphatic carbocycles. The van der Waals surface area contributed by atoms with Crippen LogP contribution in [0.2, 0.25) is 0 Å². The first-order valence-electron chi connectivity index (χ1n) is 13.6. The molecule has 2 aromatic carbocycles. The number of rotatable bonds is 10. The molecular weight excluding hydrogens is 546 g/mol. The zero-order valence-corrected chi connectivity index (χ0v) is 23.6. The van der Waals surface area contributed by atoms with Gasteiger partial charge in [-0.3, -0.25) is 14.6 Å². The Bertz CT molecular complexity index is 1180. The Morgan fingerprint density at radius 1 is 0.976 bits per heavy atom. The fourth-order valence-corrected chi connectivity index (χ4v) is 5.39. The van der Waals surface area contributed by atoms with Gasteiger partial charge >= 0.3 is 6.18 Å². The maximum atomic E-state index is 14.1. The van der Waals surface area contributed by atoms with Crippen molar-refractivity contribution < 1.29 is 41.3 Å². The number of alkyl halides is 3. The highest BCUT2D eigenvalue weighted by molar-refractivity contribution is 5.95. The van der Waals surface area contributed by atoms with E-state index in [-0.39, 0.29) is 29.2 Å². The number of hydrogen-bond acceptors (Lipinski definition) is 7. The van der Waals surface area contributed by atoms with Crippen LogP contribution in [0.15, 0.2) is 36.4 Å². The second-order valence-corrected chi connectivity index (χ2v) is 10.3. The molecule has 0 radical (unpaired) electrons. The summed E-state index contributed by atoms with van der Waals surface area (Å²) in [4.78, 5) is 19.9. The van der Waals surface area contributed by atoms with E-state index in [0.29, 0.717) is 39.3 Å². The minimum Gasteiger partial charge on any atom is -0.497 e. The first-order valence-corrected chi connectivity index (χ1v) is 13.6. The van der Waals surface area contributed by atoms with Gasteiger partial charge in [-0.15, -0.1) is 0 Å². The van der Waals surface area contributed by atoms with E-state index in [1.54, 1.807) is 24.1 Å². The van der Waals surface area contributed by atoms with E-state index in [2.05, 4.69) is 9.80 Å². The number of carbonyl (C=O) groups excluding carboxylic acids is 1. The summed E-state index contributed by atoms with van der Waals surface area (Å²) in [6.07, 6.45) is -4.23. The van der Waals surface area contributed by atoms with Crippen molar-refractivity contribution >= 4 is 5.91 Å². The third kappa shape index (κ3) is 8.09. The van der Waals surface area contributed by atoms with E-state index in [1.165, 1.54) is 26.4 Å². The molecule has 2 heterocycles. The number of carbonyl (C=O) groups is 1. The molecule has 0 spiro atoms. The summed E-state index contributed by atoms with van der Waals surface area (Å²) >= 11 is 0. The summed E-state index contributed by atoms with van der Waals surface area (Å²) in [6, 6.07) is 7.25. The predicted molar refractivity (Wildman–Crippen MR) is 144 cm³/mol. The van der Waals surface area contributed by atoms with Crippen molar-refractivity contribution in [2.75, 3.05) is 80.4 Å². The lowest BCUT2D eigenvalue weighted by Gasteiger charge is -2.43. The summed E-state index contributed by atoms with van der Waals surface area (Å²) in [5.41, 5.74) is -0.287. The molecule has 2 saturated heterocycles. The summed E-state index contributed by atoms with van der Waals surface area (Å²) < 4.78 is 75.9. The van der Waals surface area contributed by atoms with E-state index in [9.17, 15) is 22.4 Å². The average molecular weight is 584 g/mol. The molecule has 2 atom stereocenters. The second kappa shape index (κ2) is 13.8. The van der Waals surface area contributed by atoms with Gasteiger partial charge in [-0.05, 0) is 42.3 Å². The van der Waals surface area contributed by atoms with Crippen LogP contribution in [0.3, 0.4) is 0 Å². The van der Waals surface area contributed by atoms with Crippen LogP contribution in [-0.4, -0.2) is 113 Å². The Hall–Kier alpha value is -2.93. The van der Waals surface area contributed by atoms with Crippen molar-refractivity contribution in [1.82, 2.24) is 14.7 Å². The number of morpholine rings is 1. The zero-order valence-electron chi connectivity index (χ0n) is 23.6. The Kier molecular flexibility index (Phi) is 10.5. The zero-order chi connectivity index (χ0) is 29.6. The molecule has 0 unspecified atom stereocenters. The van der Waals surface area contributed by atoms with Gasteiger partial charge < -0.3 is 23.8 Å². The van der Waals surface area contributed by atoms with Crippen LogP contribution < -0.4 is 9.47 Å². The highest BCUT2D eigenvalue weighted by atomic mass is 19.4. The van der Waals surface area contributed by atoms with Gasteiger partial charge in [0.2, 0.25) is 0 Å². The van der Waals surface area contributed by atoms with Crippen LogP contribution in [0.1, 0.15) is 21.5 Å². The van der Waals surface area contributed by atoms with Gasteiger partial charge in [0.1, 0.15) is 5.75 Å². The maximum absolute atomic E-state index is 14.1. The highest BCUT2D eigenvalue weighted by Gasteiger charge is 2.35. The molecule has 2 fully saturated rings. The molecule has 41 heavy (non-hydrogen) atoms. The van der Waals surface area contributed by atoms with Gasteiger partial charge in [-0.1, -0.05) is 6.07 Å². The fraction of sp³-hybridized carbons (Fsp3) is 0.552. The fourth-order valence-electron chi connectivity index (χ4n) is 5.39. The van der Waals surface area contributed by atoms with E-state index in [4.69, 9.17) is 18.9 Å². The first kappa shape index (κ1) is 31.0. The quantitative estimate of drug-likeness (QED) is 0.397. The molecule has 0 N–H and O–H groups in total. The minimum absolute atomic E-state index is 0.0221. The van der Waals surface area contributed by atoms with Crippen LogP contribution in [0.4, 0.5) is 17.6 Å². The SMILES string of the molecule is COC[C@@H]1CN(CCN2CCN(C(=O)c3cc(OC)cc(C(F)(F)F)c3)[C@H](Cc3ccc(F)c(OC)c3)C2)CCO1. The standard InChI is InChI=1S/C29H37F4N3O5/c1-38-19-25-18-35(10-11-41-25)7-6-34-8-9-36(23(17-34)12-20-4-5-26(30)27(13-20)40-3)28(37)21-14-22(29(31,32)33)16-24(15-21)39-2/h4-5,13-16,23,25H,6-12,17-19H2,1-3H3/t23-,25+/m1/s1. The number of ether oxygens (including phenoxy) is 4. The van der Waals surface area contributed by atoms with Crippen molar-refractivity contribution in [2.24, 2.45) is 0 Å². The van der Waals surface area contributed by atoms with Crippen molar-refractivity contribution in [1.29, 1.82) is 0 Å². The topological polar surface area (TPSA) is 63.7 Å². The Morgan fingerprint density at radius 3 is 2.41 bits per heavy atom. The normalized spacial score (nSPS) is 20.7. The molecule has 12 heteroatoms. The Morgan fingerprint density at radius 2 is 1.73 bits per heavy atom. The third-order valence-electron chi connectivity index (χ3n) is 7.54. The molecular formula is C29H37F4N3O5. The summed E-state index contributed by atoms with van der Waals surface area (Å²) in [6.45, 7) is 5.70. The molecule has 226 valence electrons. The Labute approximate surface area is 237 Å². The van der Waals surface area contributed by atoms with Crippen LogP contribution in [0.5, 0.6) is 11.5 Å².